The van der Waals surface area contributed by atoms with Crippen molar-refractivity contribution >= 4 is 5.91 Å². The molecule has 1 fully saturated rings. The van der Waals surface area contributed by atoms with Gasteiger partial charge in [-0.15, -0.1) is 0 Å². The first-order chi connectivity index (χ1) is 8.67. The molecule has 0 bridgehead atoms. The van der Waals surface area contributed by atoms with Crippen LogP contribution < -0.4 is 11.1 Å². The fourth-order valence-corrected chi connectivity index (χ4v) is 2.79. The smallest absolute Gasteiger partial charge is 0.223 e. The molecule has 1 rings (SSSR count). The third kappa shape index (κ3) is 5.36. The predicted molar refractivity (Wildman–Crippen MR) is 73.0 cm³/mol. The topological polar surface area (TPSA) is 75.3 Å². The molecular formula is C14H28N2O2. The molecule has 0 aromatic rings. The molecule has 0 heterocycles. The summed E-state index contributed by atoms with van der Waals surface area (Å²) in [6.07, 6.45) is 6.83. The number of nitrogens with one attached hydrogen (secondary N) is 1. The lowest BCUT2D eigenvalue weighted by molar-refractivity contribution is -0.126. The van der Waals surface area contributed by atoms with E-state index in [1.165, 1.54) is 0 Å². The average Bonchev–Trinajstić information content (AvgIpc) is 2.36. The van der Waals surface area contributed by atoms with Crippen LogP contribution >= 0.6 is 0 Å². The summed E-state index contributed by atoms with van der Waals surface area (Å²) in [5, 5.41) is 12.0. The molecule has 0 aromatic heterocycles. The summed E-state index contributed by atoms with van der Waals surface area (Å²) in [7, 11) is 0. The highest BCUT2D eigenvalue weighted by atomic mass is 16.3. The number of aliphatic hydroxyl groups excluding tert-OH is 1. The lowest BCUT2D eigenvalue weighted by atomic mass is 9.85. The lowest BCUT2D eigenvalue weighted by Crippen LogP contribution is -2.39. The molecule has 0 radical (unpaired) electrons. The number of carbonyl (C=O) groups is 1. The molecule has 3 atom stereocenters. The summed E-state index contributed by atoms with van der Waals surface area (Å²) in [5.74, 6) is 0.663. The summed E-state index contributed by atoms with van der Waals surface area (Å²) in [4.78, 5) is 12.0. The van der Waals surface area contributed by atoms with E-state index in [-0.39, 0.29) is 24.5 Å². The summed E-state index contributed by atoms with van der Waals surface area (Å²) >= 11 is 0. The van der Waals surface area contributed by atoms with Crippen LogP contribution in [0.4, 0.5) is 0 Å². The van der Waals surface area contributed by atoms with Crippen LogP contribution in [0.3, 0.4) is 0 Å². The molecule has 1 amide bonds. The van der Waals surface area contributed by atoms with Gasteiger partial charge in [0.15, 0.2) is 0 Å². The molecule has 0 spiro atoms. The Morgan fingerprint density at radius 2 is 2.22 bits per heavy atom. The maximum Gasteiger partial charge on any atom is 0.223 e. The number of nitrogens with two attached hydrogens (primary N) is 1. The van der Waals surface area contributed by atoms with Crippen LogP contribution in [0.5, 0.6) is 0 Å². The first-order valence-electron chi connectivity index (χ1n) is 7.31. The number of hydrogen-bond donors (Lipinski definition) is 3. The summed E-state index contributed by atoms with van der Waals surface area (Å²) in [6, 6.07) is 0.193. The van der Waals surface area contributed by atoms with Crippen molar-refractivity contribution in [2.75, 3.05) is 13.2 Å². The van der Waals surface area contributed by atoms with Crippen LogP contribution in [0.1, 0.15) is 51.9 Å². The third-order valence-corrected chi connectivity index (χ3v) is 3.88. The van der Waals surface area contributed by atoms with Gasteiger partial charge < -0.3 is 16.2 Å². The standard InChI is InChI=1S/C14H28N2O2/c1-2-4-11(7-8-17)10-16-14(18)12-5-3-6-13(15)9-12/h11-13,17H,2-10,15H2,1H3,(H,16,18). The van der Waals surface area contributed by atoms with Crippen LogP contribution in [-0.4, -0.2) is 30.2 Å². The number of hydrogen-bond acceptors (Lipinski definition) is 3. The highest BCUT2D eigenvalue weighted by Crippen LogP contribution is 2.23. The monoisotopic (exact) mass is 256 g/mol. The second kappa shape index (κ2) is 8.48. The molecule has 3 unspecified atom stereocenters. The second-order valence-electron chi connectivity index (χ2n) is 5.54. The quantitative estimate of drug-likeness (QED) is 0.645. The molecule has 4 N–H and O–H groups in total. The van der Waals surface area contributed by atoms with E-state index in [1.54, 1.807) is 0 Å². The van der Waals surface area contributed by atoms with Crippen LogP contribution in [-0.2, 0) is 4.79 Å². The van der Waals surface area contributed by atoms with E-state index in [9.17, 15) is 4.79 Å². The van der Waals surface area contributed by atoms with Gasteiger partial charge >= 0.3 is 0 Å². The second-order valence-corrected chi connectivity index (χ2v) is 5.54. The van der Waals surface area contributed by atoms with E-state index in [2.05, 4.69) is 12.2 Å². The maximum absolute atomic E-state index is 12.0. The van der Waals surface area contributed by atoms with Crippen molar-refractivity contribution in [3.05, 3.63) is 0 Å². The van der Waals surface area contributed by atoms with Gasteiger partial charge in [0.05, 0.1) is 0 Å². The van der Waals surface area contributed by atoms with Crippen molar-refractivity contribution in [1.29, 1.82) is 0 Å². The van der Waals surface area contributed by atoms with Gasteiger partial charge in [0.25, 0.3) is 0 Å². The van der Waals surface area contributed by atoms with Gasteiger partial charge in [0.2, 0.25) is 5.91 Å². The Hall–Kier alpha value is -0.610. The molecule has 1 saturated carbocycles. The zero-order valence-electron chi connectivity index (χ0n) is 11.5. The highest BCUT2D eigenvalue weighted by Gasteiger charge is 2.25. The number of aliphatic hydroxyl groups is 1. The first kappa shape index (κ1) is 15.4. The predicted octanol–water partition coefficient (Wildman–Crippen LogP) is 1.42. The minimum Gasteiger partial charge on any atom is -0.396 e. The van der Waals surface area contributed by atoms with E-state index in [4.69, 9.17) is 10.8 Å². The Morgan fingerprint density at radius 1 is 1.44 bits per heavy atom. The first-order valence-corrected chi connectivity index (χ1v) is 7.31. The van der Waals surface area contributed by atoms with E-state index in [0.29, 0.717) is 12.5 Å². The molecule has 18 heavy (non-hydrogen) atoms. The van der Waals surface area contributed by atoms with Gasteiger partial charge in [-0.05, 0) is 38.0 Å². The van der Waals surface area contributed by atoms with Crippen LogP contribution in [0.15, 0.2) is 0 Å². The largest absolute Gasteiger partial charge is 0.396 e. The molecule has 0 aromatic carbocycles. The molecule has 4 heteroatoms. The molecule has 0 aliphatic heterocycles. The number of amides is 1. The third-order valence-electron chi connectivity index (χ3n) is 3.88. The minimum absolute atomic E-state index is 0.102. The Bertz CT molecular complexity index is 240. The molecular weight excluding hydrogens is 228 g/mol. The van der Waals surface area contributed by atoms with E-state index >= 15 is 0 Å². The molecule has 1 aliphatic rings. The van der Waals surface area contributed by atoms with Gasteiger partial charge in [-0.1, -0.05) is 19.8 Å². The molecule has 0 saturated heterocycles. The Kier molecular flexibility index (Phi) is 7.28. The Labute approximate surface area is 110 Å². The van der Waals surface area contributed by atoms with Crippen LogP contribution in [0.2, 0.25) is 0 Å². The van der Waals surface area contributed by atoms with Gasteiger partial charge in [-0.25, -0.2) is 0 Å². The van der Waals surface area contributed by atoms with Gasteiger partial charge in [0.1, 0.15) is 0 Å². The summed E-state index contributed by atoms with van der Waals surface area (Å²) in [6.45, 7) is 3.03. The minimum atomic E-state index is 0.102. The van der Waals surface area contributed by atoms with Crippen molar-refractivity contribution in [2.24, 2.45) is 17.6 Å². The highest BCUT2D eigenvalue weighted by molar-refractivity contribution is 5.78. The van der Waals surface area contributed by atoms with Crippen molar-refractivity contribution < 1.29 is 9.90 Å². The van der Waals surface area contributed by atoms with Crippen LogP contribution in [0.25, 0.3) is 0 Å². The summed E-state index contributed by atoms with van der Waals surface area (Å²) in [5.41, 5.74) is 5.90. The normalized spacial score (nSPS) is 25.7. The maximum atomic E-state index is 12.0. The van der Waals surface area contributed by atoms with Crippen molar-refractivity contribution in [3.63, 3.8) is 0 Å². The van der Waals surface area contributed by atoms with E-state index in [1.807, 2.05) is 0 Å². The SMILES string of the molecule is CCCC(CCO)CNC(=O)C1CCCC(N)C1. The lowest BCUT2D eigenvalue weighted by Gasteiger charge is -2.26. The van der Waals surface area contributed by atoms with Crippen molar-refractivity contribution in [3.8, 4) is 0 Å². The van der Waals surface area contributed by atoms with Gasteiger partial charge in [-0.2, -0.15) is 0 Å². The Balaban J connectivity index is 2.29. The van der Waals surface area contributed by atoms with E-state index in [0.717, 1.165) is 44.9 Å². The van der Waals surface area contributed by atoms with Crippen molar-refractivity contribution in [2.45, 2.75) is 57.9 Å². The zero-order chi connectivity index (χ0) is 13.4. The van der Waals surface area contributed by atoms with Crippen LogP contribution in [0, 0.1) is 11.8 Å². The Morgan fingerprint density at radius 3 is 2.83 bits per heavy atom. The van der Waals surface area contributed by atoms with Crippen molar-refractivity contribution in [1.82, 2.24) is 5.32 Å². The fourth-order valence-electron chi connectivity index (χ4n) is 2.79. The zero-order valence-corrected chi connectivity index (χ0v) is 11.5. The fraction of sp³-hybridized carbons (Fsp3) is 0.929. The molecule has 4 nitrogen and oxygen atoms in total. The molecule has 106 valence electrons. The summed E-state index contributed by atoms with van der Waals surface area (Å²) < 4.78 is 0. The van der Waals surface area contributed by atoms with E-state index < -0.39 is 0 Å². The molecule has 1 aliphatic carbocycles. The van der Waals surface area contributed by atoms with Gasteiger partial charge in [0, 0.05) is 25.1 Å². The number of rotatable bonds is 7. The average molecular weight is 256 g/mol. The number of carbonyl (C=O) groups excluding carboxylic acids is 1. The van der Waals surface area contributed by atoms with Gasteiger partial charge in [-0.3, -0.25) is 4.79 Å².